The molecule has 1 N–H and O–H groups in total. The fourth-order valence-electron chi connectivity index (χ4n) is 2.47. The third kappa shape index (κ3) is 2.18. The van der Waals surface area contributed by atoms with E-state index in [1.54, 1.807) is 10.7 Å². The van der Waals surface area contributed by atoms with Gasteiger partial charge >= 0.3 is 0 Å². The maximum Gasteiger partial charge on any atom is 0.240 e. The quantitative estimate of drug-likeness (QED) is 0.923. The van der Waals surface area contributed by atoms with Gasteiger partial charge in [0.1, 0.15) is 0 Å². The van der Waals surface area contributed by atoms with Gasteiger partial charge in [-0.25, -0.2) is 9.94 Å². The zero-order valence-electron chi connectivity index (χ0n) is 11.4. The number of pyridine rings is 1. The number of aromatic nitrogens is 2. The van der Waals surface area contributed by atoms with Gasteiger partial charge in [-0.15, -0.1) is 0 Å². The van der Waals surface area contributed by atoms with Crippen LogP contribution < -0.4 is 5.43 Å². The van der Waals surface area contributed by atoms with Gasteiger partial charge < -0.3 is 0 Å². The molecule has 0 fully saturated rings. The second-order valence-electron chi connectivity index (χ2n) is 5.03. The molecule has 1 atom stereocenters. The standard InChI is InChI=1S/C14H15ClN4O/c1-3-10-6-12-11(5-9(15)7-19(12)18-10)14-8(2)4-13(20)16-17-14/h5-8H,3-4H2,1-2H3,(H,16,20). The van der Waals surface area contributed by atoms with Crippen LogP contribution in [0.5, 0.6) is 0 Å². The Kier molecular flexibility index (Phi) is 3.22. The number of hydrogen-bond acceptors (Lipinski definition) is 3. The normalized spacial score (nSPS) is 19.1. The van der Waals surface area contributed by atoms with Crippen molar-refractivity contribution in [2.45, 2.75) is 26.7 Å². The van der Waals surface area contributed by atoms with E-state index < -0.39 is 0 Å². The molecule has 0 saturated heterocycles. The van der Waals surface area contributed by atoms with Gasteiger partial charge in [0.25, 0.3) is 0 Å². The van der Waals surface area contributed by atoms with E-state index in [0.29, 0.717) is 11.4 Å². The average molecular weight is 291 g/mol. The fraction of sp³-hybridized carbons (Fsp3) is 0.357. The highest BCUT2D eigenvalue weighted by Gasteiger charge is 2.24. The van der Waals surface area contributed by atoms with Crippen LogP contribution in [-0.4, -0.2) is 21.2 Å². The summed E-state index contributed by atoms with van der Waals surface area (Å²) < 4.78 is 1.78. The predicted molar refractivity (Wildman–Crippen MR) is 78.0 cm³/mol. The molecule has 0 aromatic carbocycles. The van der Waals surface area contributed by atoms with Crippen molar-refractivity contribution in [2.24, 2.45) is 11.0 Å². The lowest BCUT2D eigenvalue weighted by atomic mass is 9.94. The molecule has 0 aliphatic carbocycles. The molecule has 5 nitrogen and oxygen atoms in total. The molecule has 104 valence electrons. The van der Waals surface area contributed by atoms with E-state index in [2.05, 4.69) is 22.5 Å². The Morgan fingerprint density at radius 2 is 2.30 bits per heavy atom. The minimum atomic E-state index is -0.0537. The van der Waals surface area contributed by atoms with E-state index in [0.717, 1.165) is 28.9 Å². The molecule has 1 aliphatic rings. The summed E-state index contributed by atoms with van der Waals surface area (Å²) in [5.41, 5.74) is 6.28. The van der Waals surface area contributed by atoms with Crippen molar-refractivity contribution in [3.8, 4) is 0 Å². The highest BCUT2D eigenvalue weighted by Crippen LogP contribution is 2.24. The van der Waals surface area contributed by atoms with Crippen LogP contribution in [0.25, 0.3) is 5.52 Å². The van der Waals surface area contributed by atoms with Gasteiger partial charge in [-0.2, -0.15) is 10.2 Å². The van der Waals surface area contributed by atoms with E-state index in [9.17, 15) is 4.79 Å². The number of halogens is 1. The number of amides is 1. The van der Waals surface area contributed by atoms with E-state index in [-0.39, 0.29) is 11.8 Å². The molecule has 1 amide bonds. The molecule has 1 aliphatic heterocycles. The first-order valence-electron chi connectivity index (χ1n) is 6.63. The second-order valence-corrected chi connectivity index (χ2v) is 5.46. The molecule has 2 aromatic heterocycles. The van der Waals surface area contributed by atoms with Crippen LogP contribution in [0, 0.1) is 5.92 Å². The number of rotatable bonds is 2. The van der Waals surface area contributed by atoms with Crippen molar-refractivity contribution in [2.75, 3.05) is 0 Å². The minimum Gasteiger partial charge on any atom is -0.273 e. The molecule has 1 unspecified atom stereocenters. The first-order valence-corrected chi connectivity index (χ1v) is 7.01. The summed E-state index contributed by atoms with van der Waals surface area (Å²) in [5, 5.41) is 9.28. The summed E-state index contributed by atoms with van der Waals surface area (Å²) in [6, 6.07) is 3.92. The monoisotopic (exact) mass is 290 g/mol. The van der Waals surface area contributed by atoms with Crippen molar-refractivity contribution < 1.29 is 4.79 Å². The van der Waals surface area contributed by atoms with Crippen LogP contribution in [0.4, 0.5) is 0 Å². The van der Waals surface area contributed by atoms with Gasteiger partial charge in [-0.1, -0.05) is 25.4 Å². The highest BCUT2D eigenvalue weighted by atomic mass is 35.5. The number of carbonyl (C=O) groups excluding carboxylic acids is 1. The van der Waals surface area contributed by atoms with Gasteiger partial charge in [0, 0.05) is 24.1 Å². The van der Waals surface area contributed by atoms with Crippen molar-refractivity contribution in [3.05, 3.63) is 34.6 Å². The van der Waals surface area contributed by atoms with Crippen LogP contribution in [0.15, 0.2) is 23.4 Å². The predicted octanol–water partition coefficient (Wildman–Crippen LogP) is 2.41. The van der Waals surface area contributed by atoms with Crippen LogP contribution >= 0.6 is 11.6 Å². The molecule has 0 bridgehead atoms. The van der Waals surface area contributed by atoms with Gasteiger partial charge in [0.05, 0.1) is 21.9 Å². The van der Waals surface area contributed by atoms with Crippen molar-refractivity contribution in [1.82, 2.24) is 15.0 Å². The molecular formula is C14H15ClN4O. The van der Waals surface area contributed by atoms with Gasteiger partial charge in [0.15, 0.2) is 0 Å². The summed E-state index contributed by atoms with van der Waals surface area (Å²) in [4.78, 5) is 11.4. The lowest BCUT2D eigenvalue weighted by Gasteiger charge is -2.19. The molecule has 2 aromatic rings. The average Bonchev–Trinajstić information content (AvgIpc) is 2.81. The van der Waals surface area contributed by atoms with Crippen LogP contribution in [-0.2, 0) is 11.2 Å². The molecule has 20 heavy (non-hydrogen) atoms. The maximum atomic E-state index is 11.4. The lowest BCUT2D eigenvalue weighted by molar-refractivity contribution is -0.121. The molecule has 6 heteroatoms. The number of nitrogens with one attached hydrogen (secondary N) is 1. The SMILES string of the molecule is CCc1cc2c(C3=NNC(=O)CC3C)cc(Cl)cn2n1. The molecule has 0 saturated carbocycles. The summed E-state index contributed by atoms with van der Waals surface area (Å²) in [7, 11) is 0. The Morgan fingerprint density at radius 3 is 3.00 bits per heavy atom. The Labute approximate surface area is 121 Å². The zero-order chi connectivity index (χ0) is 14.3. The first kappa shape index (κ1) is 13.1. The fourth-order valence-corrected chi connectivity index (χ4v) is 2.67. The molecule has 0 radical (unpaired) electrons. The molecule has 0 spiro atoms. The van der Waals surface area contributed by atoms with Gasteiger partial charge in [0.2, 0.25) is 5.91 Å². The number of aryl methyl sites for hydroxylation is 1. The highest BCUT2D eigenvalue weighted by molar-refractivity contribution is 6.31. The minimum absolute atomic E-state index is 0.0537. The van der Waals surface area contributed by atoms with Crippen molar-refractivity contribution >= 4 is 28.7 Å². The smallest absolute Gasteiger partial charge is 0.240 e. The van der Waals surface area contributed by atoms with E-state index in [1.807, 2.05) is 19.1 Å². The number of fused-ring (bicyclic) bond motifs is 1. The van der Waals surface area contributed by atoms with Crippen LogP contribution in [0.1, 0.15) is 31.5 Å². The van der Waals surface area contributed by atoms with E-state index >= 15 is 0 Å². The zero-order valence-corrected chi connectivity index (χ0v) is 12.1. The third-order valence-corrected chi connectivity index (χ3v) is 3.69. The Balaban J connectivity index is 2.19. The number of carbonyl (C=O) groups is 1. The summed E-state index contributed by atoms with van der Waals surface area (Å²) in [6.45, 7) is 4.05. The van der Waals surface area contributed by atoms with Crippen molar-refractivity contribution in [1.29, 1.82) is 0 Å². The number of hydrazone groups is 1. The first-order chi connectivity index (χ1) is 9.58. The third-order valence-electron chi connectivity index (χ3n) is 3.49. The van der Waals surface area contributed by atoms with Gasteiger partial charge in [-0.3, -0.25) is 4.79 Å². The maximum absolute atomic E-state index is 11.4. The summed E-state index contributed by atoms with van der Waals surface area (Å²) in [5.74, 6) is 0.00745. The Hall–Kier alpha value is -1.88. The molecular weight excluding hydrogens is 276 g/mol. The number of hydrogen-bond donors (Lipinski definition) is 1. The summed E-state index contributed by atoms with van der Waals surface area (Å²) >= 11 is 6.17. The number of nitrogens with zero attached hydrogens (tertiary/aromatic N) is 3. The molecule has 3 heterocycles. The Morgan fingerprint density at radius 1 is 1.50 bits per heavy atom. The second kappa shape index (κ2) is 4.90. The lowest BCUT2D eigenvalue weighted by Crippen LogP contribution is -2.32. The van der Waals surface area contributed by atoms with E-state index in [4.69, 9.17) is 11.6 Å². The van der Waals surface area contributed by atoms with E-state index in [1.165, 1.54) is 0 Å². The summed E-state index contributed by atoms with van der Waals surface area (Å²) in [6.07, 6.45) is 3.08. The van der Waals surface area contributed by atoms with Crippen LogP contribution in [0.3, 0.4) is 0 Å². The molecule has 3 rings (SSSR count). The topological polar surface area (TPSA) is 58.8 Å². The Bertz CT molecular complexity index is 719. The van der Waals surface area contributed by atoms with Crippen molar-refractivity contribution in [3.63, 3.8) is 0 Å². The largest absolute Gasteiger partial charge is 0.273 e. The van der Waals surface area contributed by atoms with Gasteiger partial charge in [-0.05, 0) is 18.6 Å². The van der Waals surface area contributed by atoms with Crippen LogP contribution in [0.2, 0.25) is 5.02 Å².